The first-order chi connectivity index (χ1) is 11.5. The fourth-order valence-electron chi connectivity index (χ4n) is 2.66. The van der Waals surface area contributed by atoms with Gasteiger partial charge in [0.05, 0.1) is 12.8 Å². The van der Waals surface area contributed by atoms with Crippen molar-refractivity contribution in [2.75, 3.05) is 12.8 Å². The van der Waals surface area contributed by atoms with Gasteiger partial charge in [0.25, 0.3) is 0 Å². The van der Waals surface area contributed by atoms with Crippen LogP contribution in [0.25, 0.3) is 10.9 Å². The van der Waals surface area contributed by atoms with Gasteiger partial charge < -0.3 is 20.9 Å². The van der Waals surface area contributed by atoms with Crippen molar-refractivity contribution in [2.45, 2.75) is 13.3 Å². The Hall–Kier alpha value is -3.08. The SMILES string of the molecule is CCC(=N)c1cc(C(=O)c2cc3cc(OC)ccc3[nH]2)ccc1N. The van der Waals surface area contributed by atoms with Crippen LogP contribution >= 0.6 is 0 Å². The van der Waals surface area contributed by atoms with Gasteiger partial charge in [0.15, 0.2) is 0 Å². The number of carbonyl (C=O) groups is 1. The summed E-state index contributed by atoms with van der Waals surface area (Å²) in [5.41, 5.74) is 9.35. The average molecular weight is 321 g/mol. The number of methoxy groups -OCH3 is 1. The van der Waals surface area contributed by atoms with Crippen LogP contribution in [0.15, 0.2) is 42.5 Å². The van der Waals surface area contributed by atoms with Crippen LogP contribution in [0.3, 0.4) is 0 Å². The van der Waals surface area contributed by atoms with Crippen molar-refractivity contribution in [3.63, 3.8) is 0 Å². The van der Waals surface area contributed by atoms with E-state index in [0.29, 0.717) is 34.6 Å². The summed E-state index contributed by atoms with van der Waals surface area (Å²) < 4.78 is 5.21. The van der Waals surface area contributed by atoms with Crippen molar-refractivity contribution in [1.29, 1.82) is 5.41 Å². The van der Waals surface area contributed by atoms with E-state index in [-0.39, 0.29) is 5.78 Å². The molecule has 0 unspecified atom stereocenters. The third kappa shape index (κ3) is 2.76. The van der Waals surface area contributed by atoms with E-state index in [1.165, 1.54) is 0 Å². The Morgan fingerprint density at radius 2 is 2.00 bits per heavy atom. The summed E-state index contributed by atoms with van der Waals surface area (Å²) in [4.78, 5) is 15.9. The van der Waals surface area contributed by atoms with Crippen LogP contribution in [0, 0.1) is 5.41 Å². The van der Waals surface area contributed by atoms with Gasteiger partial charge >= 0.3 is 0 Å². The first kappa shape index (κ1) is 15.8. The van der Waals surface area contributed by atoms with E-state index in [1.54, 1.807) is 31.4 Å². The second-order valence-corrected chi connectivity index (χ2v) is 5.60. The molecule has 2 aromatic carbocycles. The molecule has 0 saturated heterocycles. The monoisotopic (exact) mass is 321 g/mol. The number of carbonyl (C=O) groups excluding carboxylic acids is 1. The number of ether oxygens (including phenoxy) is 1. The molecule has 0 aliphatic heterocycles. The molecule has 24 heavy (non-hydrogen) atoms. The third-order valence-electron chi connectivity index (χ3n) is 4.07. The van der Waals surface area contributed by atoms with Crippen molar-refractivity contribution in [1.82, 2.24) is 4.98 Å². The molecule has 0 radical (unpaired) electrons. The standard InChI is InChI=1S/C19H19N3O2/c1-3-15(20)14-9-11(4-6-16(14)21)19(23)18-10-12-8-13(24-2)5-7-17(12)22-18/h4-10,20,22H,3,21H2,1-2H3. The molecule has 3 aromatic rings. The Bertz CT molecular complexity index is 941. The van der Waals surface area contributed by atoms with E-state index < -0.39 is 0 Å². The Labute approximate surface area is 140 Å². The molecule has 0 amide bonds. The predicted octanol–water partition coefficient (Wildman–Crippen LogP) is 3.77. The van der Waals surface area contributed by atoms with Gasteiger partial charge in [-0.25, -0.2) is 0 Å². The largest absolute Gasteiger partial charge is 0.497 e. The fourth-order valence-corrected chi connectivity index (χ4v) is 2.66. The molecular formula is C19H19N3O2. The summed E-state index contributed by atoms with van der Waals surface area (Å²) in [5.74, 6) is 0.613. The van der Waals surface area contributed by atoms with E-state index in [1.807, 2.05) is 25.1 Å². The van der Waals surface area contributed by atoms with Gasteiger partial charge in [-0.15, -0.1) is 0 Å². The normalized spacial score (nSPS) is 10.8. The number of H-pyrrole nitrogens is 1. The van der Waals surface area contributed by atoms with Crippen molar-refractivity contribution >= 4 is 28.1 Å². The van der Waals surface area contributed by atoms with Gasteiger partial charge in [0, 0.05) is 33.4 Å². The molecular weight excluding hydrogens is 302 g/mol. The van der Waals surface area contributed by atoms with Crippen LogP contribution in [-0.2, 0) is 0 Å². The van der Waals surface area contributed by atoms with E-state index in [0.717, 1.165) is 16.7 Å². The quantitative estimate of drug-likeness (QED) is 0.379. The molecule has 0 aliphatic carbocycles. The first-order valence-electron chi connectivity index (χ1n) is 7.72. The van der Waals surface area contributed by atoms with E-state index >= 15 is 0 Å². The lowest BCUT2D eigenvalue weighted by Gasteiger charge is -2.08. The molecule has 0 spiro atoms. The highest BCUT2D eigenvalue weighted by Gasteiger charge is 2.15. The van der Waals surface area contributed by atoms with Crippen molar-refractivity contribution in [3.8, 4) is 5.75 Å². The molecule has 4 N–H and O–H groups in total. The maximum atomic E-state index is 12.8. The molecule has 5 nitrogen and oxygen atoms in total. The number of rotatable bonds is 5. The van der Waals surface area contributed by atoms with Crippen molar-refractivity contribution < 1.29 is 9.53 Å². The van der Waals surface area contributed by atoms with Crippen LogP contribution in [-0.4, -0.2) is 23.6 Å². The summed E-state index contributed by atoms with van der Waals surface area (Å²) in [6.45, 7) is 1.89. The summed E-state index contributed by atoms with van der Waals surface area (Å²) in [6.07, 6.45) is 0.564. The highest BCUT2D eigenvalue weighted by molar-refractivity contribution is 6.12. The van der Waals surface area contributed by atoms with Crippen LogP contribution in [0.2, 0.25) is 0 Å². The zero-order valence-corrected chi connectivity index (χ0v) is 13.6. The highest BCUT2D eigenvalue weighted by atomic mass is 16.5. The minimum atomic E-state index is -0.129. The minimum Gasteiger partial charge on any atom is -0.497 e. The lowest BCUT2D eigenvalue weighted by atomic mass is 10.00. The van der Waals surface area contributed by atoms with E-state index in [9.17, 15) is 4.79 Å². The molecule has 0 saturated carbocycles. The number of nitrogen functional groups attached to an aromatic ring is 1. The van der Waals surface area contributed by atoms with Crippen LogP contribution in [0.1, 0.15) is 35.0 Å². The maximum absolute atomic E-state index is 12.8. The Morgan fingerprint density at radius 1 is 1.21 bits per heavy atom. The first-order valence-corrected chi connectivity index (χ1v) is 7.72. The molecule has 0 bridgehead atoms. The van der Waals surface area contributed by atoms with Gasteiger partial charge in [-0.2, -0.15) is 0 Å². The number of ketones is 1. The van der Waals surface area contributed by atoms with Crippen molar-refractivity contribution in [2.24, 2.45) is 0 Å². The van der Waals surface area contributed by atoms with Crippen LogP contribution in [0.5, 0.6) is 5.75 Å². The molecule has 0 fully saturated rings. The number of hydrogen-bond donors (Lipinski definition) is 3. The van der Waals surface area contributed by atoms with Gasteiger partial charge in [0.2, 0.25) is 5.78 Å². The Morgan fingerprint density at radius 3 is 2.71 bits per heavy atom. The zero-order valence-electron chi connectivity index (χ0n) is 13.6. The number of nitrogens with one attached hydrogen (secondary N) is 2. The Kier molecular flexibility index (Phi) is 4.08. The number of nitrogens with two attached hydrogens (primary N) is 1. The smallest absolute Gasteiger partial charge is 0.209 e. The molecule has 122 valence electrons. The molecule has 3 rings (SSSR count). The average Bonchev–Trinajstić information content (AvgIpc) is 3.03. The topological polar surface area (TPSA) is 92.0 Å². The summed E-state index contributed by atoms with van der Waals surface area (Å²) in [7, 11) is 1.61. The van der Waals surface area contributed by atoms with Crippen LogP contribution < -0.4 is 10.5 Å². The summed E-state index contributed by atoms with van der Waals surface area (Å²) in [6, 6.07) is 12.5. The molecule has 0 atom stereocenters. The summed E-state index contributed by atoms with van der Waals surface area (Å²) in [5, 5.41) is 8.89. The van der Waals surface area contributed by atoms with Gasteiger partial charge in [-0.1, -0.05) is 6.92 Å². The number of fused-ring (bicyclic) bond motifs is 1. The highest BCUT2D eigenvalue weighted by Crippen LogP contribution is 2.24. The number of aromatic nitrogens is 1. The minimum absolute atomic E-state index is 0.129. The van der Waals surface area contributed by atoms with Gasteiger partial charge in [-0.05, 0) is 48.9 Å². The van der Waals surface area contributed by atoms with Crippen LogP contribution in [0.4, 0.5) is 5.69 Å². The van der Waals surface area contributed by atoms with Crippen molar-refractivity contribution in [3.05, 3.63) is 59.3 Å². The molecule has 5 heteroatoms. The van der Waals surface area contributed by atoms with Gasteiger partial charge in [0.1, 0.15) is 5.75 Å². The predicted molar refractivity (Wildman–Crippen MR) is 96.3 cm³/mol. The lowest BCUT2D eigenvalue weighted by molar-refractivity contribution is 0.103. The molecule has 1 heterocycles. The van der Waals surface area contributed by atoms with E-state index in [2.05, 4.69) is 4.98 Å². The lowest BCUT2D eigenvalue weighted by Crippen LogP contribution is -2.07. The Balaban J connectivity index is 2.01. The second-order valence-electron chi connectivity index (χ2n) is 5.60. The second kappa shape index (κ2) is 6.20. The number of benzene rings is 2. The third-order valence-corrected chi connectivity index (χ3v) is 4.07. The zero-order chi connectivity index (χ0) is 17.3. The fraction of sp³-hybridized carbons (Fsp3) is 0.158. The number of anilines is 1. The summed E-state index contributed by atoms with van der Waals surface area (Å²) >= 11 is 0. The van der Waals surface area contributed by atoms with E-state index in [4.69, 9.17) is 15.9 Å². The molecule has 0 aliphatic rings. The number of aromatic amines is 1. The maximum Gasteiger partial charge on any atom is 0.209 e. The number of hydrogen-bond acceptors (Lipinski definition) is 4. The molecule has 1 aromatic heterocycles. The van der Waals surface area contributed by atoms with Gasteiger partial charge in [-0.3, -0.25) is 4.79 Å².